The maximum Gasteiger partial charge on any atom is 0.269 e. The quantitative estimate of drug-likeness (QED) is 0.450. The van der Waals surface area contributed by atoms with Crippen molar-refractivity contribution in [1.29, 1.82) is 0 Å². The fourth-order valence-corrected chi connectivity index (χ4v) is 0.971. The predicted molar refractivity (Wildman–Crippen MR) is 55.0 cm³/mol. The Kier molecular flexibility index (Phi) is 3.08. The van der Waals surface area contributed by atoms with Gasteiger partial charge in [0, 0.05) is 17.8 Å². The molecule has 0 aliphatic heterocycles. The van der Waals surface area contributed by atoms with E-state index in [1.54, 1.807) is 12.1 Å². The van der Waals surface area contributed by atoms with Gasteiger partial charge in [-0.05, 0) is 19.1 Å². The molecule has 1 rings (SSSR count). The molecule has 0 bridgehead atoms. The number of nitro groups is 1. The molecule has 1 atom stereocenters. The van der Waals surface area contributed by atoms with Crippen molar-refractivity contribution in [2.75, 3.05) is 5.32 Å². The standard InChI is InChI=1S/C10H10N2O2/c1-3-8(2)11-9-4-6-10(7-5-9)12(13)14/h1,4-8,11H,2H3. The van der Waals surface area contributed by atoms with Crippen LogP contribution in [-0.4, -0.2) is 11.0 Å². The van der Waals surface area contributed by atoms with Gasteiger partial charge in [0.1, 0.15) is 0 Å². The van der Waals surface area contributed by atoms with Crippen LogP contribution in [0.3, 0.4) is 0 Å². The second kappa shape index (κ2) is 4.28. The molecule has 0 saturated carbocycles. The number of non-ortho nitro benzene ring substituents is 1. The van der Waals surface area contributed by atoms with Crippen molar-refractivity contribution in [1.82, 2.24) is 0 Å². The Labute approximate surface area is 82.1 Å². The summed E-state index contributed by atoms with van der Waals surface area (Å²) in [4.78, 5) is 9.91. The third-order valence-corrected chi connectivity index (χ3v) is 1.71. The van der Waals surface area contributed by atoms with Crippen LogP contribution in [0.2, 0.25) is 0 Å². The molecule has 72 valence electrons. The lowest BCUT2D eigenvalue weighted by Crippen LogP contribution is -2.11. The van der Waals surface area contributed by atoms with Gasteiger partial charge in [-0.2, -0.15) is 0 Å². The Bertz CT molecular complexity index is 365. The Morgan fingerprint density at radius 2 is 2.07 bits per heavy atom. The monoisotopic (exact) mass is 190 g/mol. The number of nitrogens with one attached hydrogen (secondary N) is 1. The van der Waals surface area contributed by atoms with Crippen LogP contribution in [0.25, 0.3) is 0 Å². The van der Waals surface area contributed by atoms with Gasteiger partial charge in [0.25, 0.3) is 5.69 Å². The van der Waals surface area contributed by atoms with Crippen LogP contribution in [0.1, 0.15) is 6.92 Å². The third-order valence-electron chi connectivity index (χ3n) is 1.71. The molecule has 1 unspecified atom stereocenters. The number of nitrogens with zero attached hydrogens (tertiary/aromatic N) is 1. The van der Waals surface area contributed by atoms with Crippen molar-refractivity contribution in [2.45, 2.75) is 13.0 Å². The summed E-state index contributed by atoms with van der Waals surface area (Å²) in [5, 5.41) is 13.3. The van der Waals surface area contributed by atoms with Gasteiger partial charge in [0.15, 0.2) is 0 Å². The van der Waals surface area contributed by atoms with Crippen LogP contribution < -0.4 is 5.32 Å². The molecule has 0 amide bonds. The highest BCUT2D eigenvalue weighted by Crippen LogP contribution is 2.15. The minimum Gasteiger partial charge on any atom is -0.372 e. The minimum atomic E-state index is -0.436. The van der Waals surface area contributed by atoms with Gasteiger partial charge in [-0.1, -0.05) is 5.92 Å². The first-order valence-electron chi connectivity index (χ1n) is 4.10. The van der Waals surface area contributed by atoms with E-state index in [1.807, 2.05) is 6.92 Å². The van der Waals surface area contributed by atoms with Gasteiger partial charge in [-0.25, -0.2) is 0 Å². The Balaban J connectivity index is 2.75. The normalized spacial score (nSPS) is 11.4. The SMILES string of the molecule is C#CC(C)Nc1ccc([N+](=O)[O-])cc1. The Morgan fingerprint density at radius 1 is 1.50 bits per heavy atom. The third kappa shape index (κ3) is 2.49. The summed E-state index contributed by atoms with van der Waals surface area (Å²) >= 11 is 0. The second-order valence-corrected chi connectivity index (χ2v) is 2.84. The second-order valence-electron chi connectivity index (χ2n) is 2.84. The van der Waals surface area contributed by atoms with Crippen molar-refractivity contribution >= 4 is 11.4 Å². The fraction of sp³-hybridized carbons (Fsp3) is 0.200. The largest absolute Gasteiger partial charge is 0.372 e. The molecule has 0 spiro atoms. The van der Waals surface area contributed by atoms with E-state index in [9.17, 15) is 10.1 Å². The van der Waals surface area contributed by atoms with E-state index < -0.39 is 4.92 Å². The van der Waals surface area contributed by atoms with Crippen LogP contribution in [0.4, 0.5) is 11.4 Å². The molecule has 0 aliphatic carbocycles. The molecule has 0 aliphatic rings. The molecule has 0 aromatic heterocycles. The Hall–Kier alpha value is -2.02. The number of terminal acetylenes is 1. The Morgan fingerprint density at radius 3 is 2.50 bits per heavy atom. The first kappa shape index (κ1) is 10.1. The van der Waals surface area contributed by atoms with Gasteiger partial charge in [-0.15, -0.1) is 6.42 Å². The van der Waals surface area contributed by atoms with Crippen molar-refractivity contribution < 1.29 is 4.92 Å². The zero-order chi connectivity index (χ0) is 10.6. The summed E-state index contributed by atoms with van der Waals surface area (Å²) in [5.74, 6) is 2.51. The summed E-state index contributed by atoms with van der Waals surface area (Å²) in [7, 11) is 0. The maximum absolute atomic E-state index is 10.3. The smallest absolute Gasteiger partial charge is 0.269 e. The predicted octanol–water partition coefficient (Wildman–Crippen LogP) is 2.03. The van der Waals surface area contributed by atoms with E-state index in [4.69, 9.17) is 6.42 Å². The van der Waals surface area contributed by atoms with Gasteiger partial charge < -0.3 is 5.32 Å². The molecule has 0 radical (unpaired) electrons. The topological polar surface area (TPSA) is 55.2 Å². The molecule has 4 heteroatoms. The highest BCUT2D eigenvalue weighted by molar-refractivity contribution is 5.49. The molecule has 4 nitrogen and oxygen atoms in total. The molecule has 14 heavy (non-hydrogen) atoms. The molecule has 0 heterocycles. The van der Waals surface area contributed by atoms with Crippen molar-refractivity contribution in [3.8, 4) is 12.3 Å². The zero-order valence-electron chi connectivity index (χ0n) is 7.73. The lowest BCUT2D eigenvalue weighted by molar-refractivity contribution is -0.384. The number of hydrogen-bond acceptors (Lipinski definition) is 3. The van der Waals surface area contributed by atoms with Crippen LogP contribution in [0, 0.1) is 22.5 Å². The number of rotatable bonds is 3. The number of anilines is 1. The molecule has 1 aromatic rings. The maximum atomic E-state index is 10.3. The van der Waals surface area contributed by atoms with Crippen molar-refractivity contribution in [3.63, 3.8) is 0 Å². The molecule has 1 aromatic carbocycles. The number of benzene rings is 1. The fourth-order valence-electron chi connectivity index (χ4n) is 0.971. The highest BCUT2D eigenvalue weighted by Gasteiger charge is 2.04. The first-order chi connectivity index (χ1) is 6.63. The summed E-state index contributed by atoms with van der Waals surface area (Å²) in [6.07, 6.45) is 5.18. The van der Waals surface area contributed by atoms with Gasteiger partial charge in [0.05, 0.1) is 11.0 Å². The van der Waals surface area contributed by atoms with Crippen LogP contribution in [0.5, 0.6) is 0 Å². The van der Waals surface area contributed by atoms with Crippen LogP contribution >= 0.6 is 0 Å². The number of hydrogen-bond donors (Lipinski definition) is 1. The van der Waals surface area contributed by atoms with Gasteiger partial charge in [0.2, 0.25) is 0 Å². The summed E-state index contributed by atoms with van der Waals surface area (Å²) in [5.41, 5.74) is 0.852. The van der Waals surface area contributed by atoms with Crippen molar-refractivity contribution in [3.05, 3.63) is 34.4 Å². The molecular formula is C10H10N2O2. The van der Waals surface area contributed by atoms with Crippen molar-refractivity contribution in [2.24, 2.45) is 0 Å². The molecule has 1 N–H and O–H groups in total. The lowest BCUT2D eigenvalue weighted by atomic mass is 10.2. The van der Waals surface area contributed by atoms with E-state index in [2.05, 4.69) is 11.2 Å². The molecular weight excluding hydrogens is 180 g/mol. The summed E-state index contributed by atoms with van der Waals surface area (Å²) in [6.45, 7) is 1.83. The van der Waals surface area contributed by atoms with E-state index in [0.29, 0.717) is 0 Å². The van der Waals surface area contributed by atoms with Gasteiger partial charge in [-0.3, -0.25) is 10.1 Å². The average molecular weight is 190 g/mol. The van der Waals surface area contributed by atoms with Gasteiger partial charge >= 0.3 is 0 Å². The van der Waals surface area contributed by atoms with Crippen LogP contribution in [-0.2, 0) is 0 Å². The van der Waals surface area contributed by atoms with Crippen LogP contribution in [0.15, 0.2) is 24.3 Å². The first-order valence-corrected chi connectivity index (χ1v) is 4.10. The molecule has 0 fully saturated rings. The highest BCUT2D eigenvalue weighted by atomic mass is 16.6. The van der Waals surface area contributed by atoms with E-state index in [0.717, 1.165) is 5.69 Å². The van der Waals surface area contributed by atoms with E-state index >= 15 is 0 Å². The minimum absolute atomic E-state index is 0.0731. The number of nitro benzene ring substituents is 1. The average Bonchev–Trinajstić information content (AvgIpc) is 2.18. The summed E-state index contributed by atoms with van der Waals surface area (Å²) in [6, 6.07) is 6.05. The van der Waals surface area contributed by atoms with E-state index in [1.165, 1.54) is 12.1 Å². The lowest BCUT2D eigenvalue weighted by Gasteiger charge is -2.07. The van der Waals surface area contributed by atoms with E-state index in [-0.39, 0.29) is 11.7 Å². The zero-order valence-corrected chi connectivity index (χ0v) is 7.73. The molecule has 0 saturated heterocycles. The summed E-state index contributed by atoms with van der Waals surface area (Å²) < 4.78 is 0.